The minimum atomic E-state index is -0.524. The number of nitro groups is 1. The molecule has 1 aromatic carbocycles. The first-order valence-electron chi connectivity index (χ1n) is 5.90. The number of hydrogen-bond acceptors (Lipinski definition) is 4. The largest absolute Gasteiger partial charge is 0.376 e. The number of nitrogens with one attached hydrogen (secondary N) is 1. The molecule has 6 heteroatoms. The van der Waals surface area contributed by atoms with Crippen molar-refractivity contribution in [3.8, 4) is 0 Å². The molecule has 0 saturated carbocycles. The highest BCUT2D eigenvalue weighted by Gasteiger charge is 2.24. The number of hydrogen-bond donors (Lipinski definition) is 1. The molecule has 1 saturated heterocycles. The van der Waals surface area contributed by atoms with Crippen molar-refractivity contribution in [3.63, 3.8) is 0 Å². The summed E-state index contributed by atoms with van der Waals surface area (Å²) in [4.78, 5) is 10.3. The van der Waals surface area contributed by atoms with Crippen LogP contribution in [0.3, 0.4) is 0 Å². The van der Waals surface area contributed by atoms with E-state index in [0.29, 0.717) is 6.61 Å². The molecule has 0 amide bonds. The molecule has 2 rings (SSSR count). The zero-order valence-electron chi connectivity index (χ0n) is 10.1. The molecule has 1 aromatic rings. The molecule has 1 aliphatic heterocycles. The lowest BCUT2D eigenvalue weighted by Crippen LogP contribution is -2.30. The second-order valence-corrected chi connectivity index (χ2v) is 4.40. The Morgan fingerprint density at radius 2 is 2.39 bits per heavy atom. The highest BCUT2D eigenvalue weighted by atomic mass is 19.1. The summed E-state index contributed by atoms with van der Waals surface area (Å²) in [5.74, 6) is -0.498. The van der Waals surface area contributed by atoms with Crippen molar-refractivity contribution in [1.82, 2.24) is 0 Å². The molecule has 2 atom stereocenters. The first kappa shape index (κ1) is 12.8. The van der Waals surface area contributed by atoms with Gasteiger partial charge < -0.3 is 10.1 Å². The molecule has 2 unspecified atom stereocenters. The van der Waals surface area contributed by atoms with Crippen molar-refractivity contribution in [2.24, 2.45) is 0 Å². The van der Waals surface area contributed by atoms with Crippen LogP contribution in [-0.2, 0) is 4.74 Å². The van der Waals surface area contributed by atoms with E-state index in [1.165, 1.54) is 6.07 Å². The van der Waals surface area contributed by atoms with Crippen molar-refractivity contribution in [2.45, 2.75) is 31.9 Å². The van der Waals surface area contributed by atoms with Crippen molar-refractivity contribution < 1.29 is 14.1 Å². The first-order chi connectivity index (χ1) is 8.58. The lowest BCUT2D eigenvalue weighted by atomic mass is 10.1. The van der Waals surface area contributed by atoms with E-state index in [1.807, 2.05) is 6.92 Å². The van der Waals surface area contributed by atoms with E-state index < -0.39 is 10.7 Å². The molecule has 18 heavy (non-hydrogen) atoms. The smallest absolute Gasteiger partial charge is 0.292 e. The van der Waals surface area contributed by atoms with Crippen LogP contribution in [-0.4, -0.2) is 23.7 Å². The summed E-state index contributed by atoms with van der Waals surface area (Å²) in [6.45, 7) is 2.59. The maximum absolute atomic E-state index is 13.1. The SMILES string of the molecule is CC(Nc1cc(F)ccc1[N+](=O)[O-])C1CCCO1. The minimum absolute atomic E-state index is 0.0212. The quantitative estimate of drug-likeness (QED) is 0.662. The number of rotatable bonds is 4. The predicted octanol–water partition coefficient (Wildman–Crippen LogP) is 2.71. The van der Waals surface area contributed by atoms with Gasteiger partial charge in [0.05, 0.1) is 11.0 Å². The lowest BCUT2D eigenvalue weighted by Gasteiger charge is -2.21. The third kappa shape index (κ3) is 2.76. The van der Waals surface area contributed by atoms with Crippen LogP contribution >= 0.6 is 0 Å². The van der Waals surface area contributed by atoms with E-state index in [2.05, 4.69) is 5.32 Å². The van der Waals surface area contributed by atoms with Gasteiger partial charge in [-0.3, -0.25) is 10.1 Å². The van der Waals surface area contributed by atoms with Crippen LogP contribution in [0.2, 0.25) is 0 Å². The van der Waals surface area contributed by atoms with E-state index >= 15 is 0 Å². The maximum Gasteiger partial charge on any atom is 0.292 e. The van der Waals surface area contributed by atoms with E-state index in [-0.39, 0.29) is 23.5 Å². The third-order valence-corrected chi connectivity index (χ3v) is 3.06. The zero-order chi connectivity index (χ0) is 13.1. The Bertz CT molecular complexity index is 447. The van der Waals surface area contributed by atoms with Crippen LogP contribution in [0.1, 0.15) is 19.8 Å². The molecule has 1 fully saturated rings. The van der Waals surface area contributed by atoms with Crippen LogP contribution in [0, 0.1) is 15.9 Å². The molecule has 0 radical (unpaired) electrons. The standard InChI is InChI=1S/C12H15FN2O3/c1-8(12-3-2-6-18-12)14-10-7-9(13)4-5-11(10)15(16)17/h4-5,7-8,12,14H,2-3,6H2,1H3. The van der Waals surface area contributed by atoms with Gasteiger partial charge in [-0.05, 0) is 25.8 Å². The van der Waals surface area contributed by atoms with E-state index in [9.17, 15) is 14.5 Å². The zero-order valence-corrected chi connectivity index (χ0v) is 10.1. The molecule has 0 aromatic heterocycles. The van der Waals surface area contributed by atoms with E-state index in [0.717, 1.165) is 25.0 Å². The van der Waals surface area contributed by atoms with Crippen molar-refractivity contribution in [1.29, 1.82) is 0 Å². The van der Waals surface area contributed by atoms with Crippen LogP contribution in [0.5, 0.6) is 0 Å². The Labute approximate surface area is 104 Å². The Kier molecular flexibility index (Phi) is 3.76. The normalized spacial score (nSPS) is 20.7. The topological polar surface area (TPSA) is 64.4 Å². The van der Waals surface area contributed by atoms with E-state index in [1.54, 1.807) is 0 Å². The summed E-state index contributed by atoms with van der Waals surface area (Å²) in [6.07, 6.45) is 1.92. The van der Waals surface area contributed by atoms with Crippen molar-refractivity contribution >= 4 is 11.4 Å². The third-order valence-electron chi connectivity index (χ3n) is 3.06. The summed E-state index contributed by atoms with van der Waals surface area (Å²) in [5, 5.41) is 13.8. The van der Waals surface area contributed by atoms with Crippen LogP contribution < -0.4 is 5.32 Å². The van der Waals surface area contributed by atoms with Gasteiger partial charge in [-0.15, -0.1) is 0 Å². The number of benzene rings is 1. The molecular weight excluding hydrogens is 239 g/mol. The number of nitrogens with zero attached hydrogens (tertiary/aromatic N) is 1. The average molecular weight is 254 g/mol. The summed E-state index contributed by atoms with van der Waals surface area (Å²) in [5.41, 5.74) is 0.0734. The van der Waals surface area contributed by atoms with Crippen LogP contribution in [0.15, 0.2) is 18.2 Å². The fraction of sp³-hybridized carbons (Fsp3) is 0.500. The van der Waals surface area contributed by atoms with Gasteiger partial charge in [0.1, 0.15) is 11.5 Å². The molecule has 0 aliphatic carbocycles. The molecule has 0 bridgehead atoms. The van der Waals surface area contributed by atoms with Gasteiger partial charge in [0.15, 0.2) is 0 Å². The number of anilines is 1. The minimum Gasteiger partial charge on any atom is -0.376 e. The van der Waals surface area contributed by atoms with Crippen LogP contribution in [0.25, 0.3) is 0 Å². The molecule has 1 N–H and O–H groups in total. The van der Waals surface area contributed by atoms with E-state index in [4.69, 9.17) is 4.74 Å². The Morgan fingerprint density at radius 3 is 3.00 bits per heavy atom. The molecule has 5 nitrogen and oxygen atoms in total. The van der Waals surface area contributed by atoms with Gasteiger partial charge in [-0.25, -0.2) is 4.39 Å². The first-order valence-corrected chi connectivity index (χ1v) is 5.90. The average Bonchev–Trinajstić information content (AvgIpc) is 2.81. The Morgan fingerprint density at radius 1 is 1.61 bits per heavy atom. The van der Waals surface area contributed by atoms with Crippen LogP contribution in [0.4, 0.5) is 15.8 Å². The second kappa shape index (κ2) is 5.30. The number of nitro benzene ring substituents is 1. The highest BCUT2D eigenvalue weighted by molar-refractivity contribution is 5.61. The van der Waals surface area contributed by atoms with Gasteiger partial charge >= 0.3 is 0 Å². The summed E-state index contributed by atoms with van der Waals surface area (Å²) in [6, 6.07) is 3.30. The fourth-order valence-corrected chi connectivity index (χ4v) is 2.12. The highest BCUT2D eigenvalue weighted by Crippen LogP contribution is 2.27. The summed E-state index contributed by atoms with van der Waals surface area (Å²) in [7, 11) is 0. The molecule has 1 aliphatic rings. The second-order valence-electron chi connectivity index (χ2n) is 4.40. The van der Waals surface area contributed by atoms with Gasteiger partial charge in [0.25, 0.3) is 5.69 Å². The van der Waals surface area contributed by atoms with Crippen molar-refractivity contribution in [3.05, 3.63) is 34.1 Å². The molecule has 98 valence electrons. The van der Waals surface area contributed by atoms with Gasteiger partial charge in [-0.2, -0.15) is 0 Å². The molecular formula is C12H15FN2O3. The van der Waals surface area contributed by atoms with Crippen molar-refractivity contribution in [2.75, 3.05) is 11.9 Å². The van der Waals surface area contributed by atoms with Gasteiger partial charge in [-0.1, -0.05) is 0 Å². The summed E-state index contributed by atoms with van der Waals surface area (Å²) >= 11 is 0. The summed E-state index contributed by atoms with van der Waals surface area (Å²) < 4.78 is 18.6. The lowest BCUT2D eigenvalue weighted by molar-refractivity contribution is -0.384. The molecule has 1 heterocycles. The Hall–Kier alpha value is -1.69. The number of ether oxygens (including phenoxy) is 1. The fourth-order valence-electron chi connectivity index (χ4n) is 2.12. The Balaban J connectivity index is 2.16. The monoisotopic (exact) mass is 254 g/mol. The number of halogens is 1. The van der Waals surface area contributed by atoms with Gasteiger partial charge in [0, 0.05) is 24.8 Å². The molecule has 0 spiro atoms. The maximum atomic E-state index is 13.1. The predicted molar refractivity (Wildman–Crippen MR) is 65.1 cm³/mol. The van der Waals surface area contributed by atoms with Gasteiger partial charge in [0.2, 0.25) is 0 Å².